The van der Waals surface area contributed by atoms with E-state index in [-0.39, 0.29) is 6.79 Å². The second-order valence-electron chi connectivity index (χ2n) is 6.46. The lowest BCUT2D eigenvalue weighted by Crippen LogP contribution is -2.14. The van der Waals surface area contributed by atoms with Crippen LogP contribution in [0.25, 0.3) is 11.3 Å². The molecular weight excluding hydrogens is 374 g/mol. The minimum absolute atomic E-state index is 0.253. The van der Waals surface area contributed by atoms with Gasteiger partial charge in [0.15, 0.2) is 23.0 Å². The summed E-state index contributed by atoms with van der Waals surface area (Å²) in [5, 5.41) is 10.7. The summed E-state index contributed by atoms with van der Waals surface area (Å²) in [6, 6.07) is 9.59. The first kappa shape index (κ1) is 18.9. The number of H-pyrrole nitrogens is 1. The van der Waals surface area contributed by atoms with Gasteiger partial charge in [-0.05, 0) is 24.3 Å². The third-order valence-corrected chi connectivity index (χ3v) is 4.80. The maximum atomic E-state index is 5.49. The number of nitrogens with zero attached hydrogens (tertiary/aromatic N) is 1. The summed E-state index contributed by atoms with van der Waals surface area (Å²) in [5.41, 5.74) is 3.95. The first-order chi connectivity index (χ1) is 14.2. The van der Waals surface area contributed by atoms with Crippen molar-refractivity contribution in [3.8, 4) is 40.0 Å². The molecule has 1 aliphatic rings. The molecule has 2 aromatic carbocycles. The highest BCUT2D eigenvalue weighted by Gasteiger charge is 2.16. The van der Waals surface area contributed by atoms with Gasteiger partial charge < -0.3 is 29.0 Å². The third kappa shape index (κ3) is 3.79. The molecule has 4 rings (SSSR count). The number of benzene rings is 2. The number of ether oxygens (including phenoxy) is 5. The zero-order valence-corrected chi connectivity index (χ0v) is 16.6. The number of hydrogen-bond acceptors (Lipinski definition) is 7. The van der Waals surface area contributed by atoms with Crippen LogP contribution in [0.1, 0.15) is 11.1 Å². The smallest absolute Gasteiger partial charge is 0.231 e. The molecule has 0 bridgehead atoms. The summed E-state index contributed by atoms with van der Waals surface area (Å²) in [7, 11) is 4.86. The standard InChI is InChI=1S/C21H23N3O5/c1-25-17-8-19(27-3)18(26-2)7-14(17)9-22-10-15-11-23-24-21(15)13-4-5-16-20(6-13)29-12-28-16/h4-8,11,22H,9-10,12H2,1-3H3,(H,23,24). The van der Waals surface area contributed by atoms with Gasteiger partial charge in [0.2, 0.25) is 6.79 Å². The fourth-order valence-electron chi connectivity index (χ4n) is 3.31. The third-order valence-electron chi connectivity index (χ3n) is 4.80. The maximum absolute atomic E-state index is 5.49. The van der Waals surface area contributed by atoms with E-state index in [4.69, 9.17) is 23.7 Å². The molecule has 3 aromatic rings. The highest BCUT2D eigenvalue weighted by atomic mass is 16.7. The summed E-state index contributed by atoms with van der Waals surface area (Å²) in [4.78, 5) is 0. The predicted molar refractivity (Wildman–Crippen MR) is 107 cm³/mol. The SMILES string of the molecule is COc1cc(OC)c(OC)cc1CNCc1cn[nH]c1-c1ccc2c(c1)OCO2. The Hall–Kier alpha value is -3.39. The van der Waals surface area contributed by atoms with Gasteiger partial charge in [0.1, 0.15) is 5.75 Å². The summed E-state index contributed by atoms with van der Waals surface area (Å²) < 4.78 is 27.1. The van der Waals surface area contributed by atoms with Crippen LogP contribution in [-0.2, 0) is 13.1 Å². The van der Waals surface area contributed by atoms with Gasteiger partial charge in [-0.3, -0.25) is 5.10 Å². The average Bonchev–Trinajstić information content (AvgIpc) is 3.41. The van der Waals surface area contributed by atoms with Crippen LogP contribution < -0.4 is 29.0 Å². The fraction of sp³-hybridized carbons (Fsp3) is 0.286. The van der Waals surface area contributed by atoms with Crippen molar-refractivity contribution in [2.45, 2.75) is 13.1 Å². The number of aromatic nitrogens is 2. The lowest BCUT2D eigenvalue weighted by atomic mass is 10.1. The molecule has 0 aliphatic carbocycles. The van der Waals surface area contributed by atoms with Crippen molar-refractivity contribution < 1.29 is 23.7 Å². The highest BCUT2D eigenvalue weighted by Crippen LogP contribution is 2.36. The molecule has 29 heavy (non-hydrogen) atoms. The van der Waals surface area contributed by atoms with Crippen LogP contribution in [-0.4, -0.2) is 38.3 Å². The largest absolute Gasteiger partial charge is 0.496 e. The Kier molecular flexibility index (Phi) is 5.44. The lowest BCUT2D eigenvalue weighted by Gasteiger charge is -2.14. The molecule has 8 heteroatoms. The molecule has 0 spiro atoms. The number of fused-ring (bicyclic) bond motifs is 1. The topological polar surface area (TPSA) is 86.9 Å². The lowest BCUT2D eigenvalue weighted by molar-refractivity contribution is 0.174. The zero-order chi connectivity index (χ0) is 20.2. The van der Waals surface area contributed by atoms with E-state index in [1.165, 1.54) is 0 Å². The van der Waals surface area contributed by atoms with Crippen LogP contribution >= 0.6 is 0 Å². The summed E-state index contributed by atoms with van der Waals surface area (Å²) >= 11 is 0. The molecular formula is C21H23N3O5. The molecule has 0 saturated heterocycles. The van der Waals surface area contributed by atoms with Crippen LogP contribution in [0.15, 0.2) is 36.5 Å². The zero-order valence-electron chi connectivity index (χ0n) is 16.6. The van der Waals surface area contributed by atoms with Crippen molar-refractivity contribution in [1.82, 2.24) is 15.5 Å². The molecule has 0 atom stereocenters. The molecule has 0 radical (unpaired) electrons. The van der Waals surface area contributed by atoms with E-state index in [0.29, 0.717) is 24.6 Å². The highest BCUT2D eigenvalue weighted by molar-refractivity contribution is 5.67. The normalized spacial score (nSPS) is 12.1. The average molecular weight is 397 g/mol. The Labute approximate surface area is 168 Å². The summed E-state index contributed by atoms with van der Waals surface area (Å²) in [5.74, 6) is 3.53. The van der Waals surface area contributed by atoms with E-state index in [1.54, 1.807) is 21.3 Å². The van der Waals surface area contributed by atoms with Gasteiger partial charge in [-0.25, -0.2) is 0 Å². The first-order valence-electron chi connectivity index (χ1n) is 9.15. The van der Waals surface area contributed by atoms with Crippen LogP contribution in [0.2, 0.25) is 0 Å². The number of nitrogens with one attached hydrogen (secondary N) is 2. The van der Waals surface area contributed by atoms with Crippen molar-refractivity contribution in [3.63, 3.8) is 0 Å². The van der Waals surface area contributed by atoms with Gasteiger partial charge >= 0.3 is 0 Å². The molecule has 2 heterocycles. The van der Waals surface area contributed by atoms with Gasteiger partial charge in [0, 0.05) is 35.8 Å². The molecule has 1 aliphatic heterocycles. The van der Waals surface area contributed by atoms with Crippen molar-refractivity contribution in [3.05, 3.63) is 47.7 Å². The molecule has 1 aromatic heterocycles. The Balaban J connectivity index is 1.48. The van der Waals surface area contributed by atoms with E-state index < -0.39 is 0 Å². The number of rotatable bonds is 8. The molecule has 0 saturated carbocycles. The Morgan fingerprint density at radius 1 is 0.897 bits per heavy atom. The van der Waals surface area contributed by atoms with E-state index in [0.717, 1.165) is 39.6 Å². The van der Waals surface area contributed by atoms with E-state index in [1.807, 2.05) is 36.5 Å². The van der Waals surface area contributed by atoms with Crippen LogP contribution in [0.4, 0.5) is 0 Å². The Morgan fingerprint density at radius 2 is 1.62 bits per heavy atom. The predicted octanol–water partition coefficient (Wildman–Crippen LogP) is 3.12. The monoisotopic (exact) mass is 397 g/mol. The number of methoxy groups -OCH3 is 3. The van der Waals surface area contributed by atoms with E-state index in [9.17, 15) is 0 Å². The van der Waals surface area contributed by atoms with Crippen molar-refractivity contribution >= 4 is 0 Å². The molecule has 2 N–H and O–H groups in total. The maximum Gasteiger partial charge on any atom is 0.231 e. The second-order valence-corrected chi connectivity index (χ2v) is 6.46. The quantitative estimate of drug-likeness (QED) is 0.604. The molecule has 0 unspecified atom stereocenters. The minimum Gasteiger partial charge on any atom is -0.496 e. The van der Waals surface area contributed by atoms with Crippen LogP contribution in [0.3, 0.4) is 0 Å². The summed E-state index contributed by atoms with van der Waals surface area (Å²) in [6.45, 7) is 1.47. The van der Waals surface area contributed by atoms with E-state index >= 15 is 0 Å². The van der Waals surface area contributed by atoms with Gasteiger partial charge in [0.05, 0.1) is 33.2 Å². The van der Waals surface area contributed by atoms with Crippen molar-refractivity contribution in [2.24, 2.45) is 0 Å². The molecule has 152 valence electrons. The van der Waals surface area contributed by atoms with Crippen LogP contribution in [0.5, 0.6) is 28.7 Å². The van der Waals surface area contributed by atoms with Crippen molar-refractivity contribution in [1.29, 1.82) is 0 Å². The number of aromatic amines is 1. The Morgan fingerprint density at radius 3 is 2.41 bits per heavy atom. The fourth-order valence-corrected chi connectivity index (χ4v) is 3.31. The van der Waals surface area contributed by atoms with E-state index in [2.05, 4.69) is 15.5 Å². The van der Waals surface area contributed by atoms with Gasteiger partial charge in [0.25, 0.3) is 0 Å². The molecule has 8 nitrogen and oxygen atoms in total. The molecule has 0 amide bonds. The number of hydrogen-bond donors (Lipinski definition) is 2. The van der Waals surface area contributed by atoms with Gasteiger partial charge in [-0.1, -0.05) is 0 Å². The van der Waals surface area contributed by atoms with Crippen LogP contribution in [0, 0.1) is 0 Å². The Bertz CT molecular complexity index is 1000. The van der Waals surface area contributed by atoms with Crippen molar-refractivity contribution in [2.75, 3.05) is 28.1 Å². The summed E-state index contributed by atoms with van der Waals surface area (Å²) in [6.07, 6.45) is 1.82. The first-order valence-corrected chi connectivity index (χ1v) is 9.15. The second kappa shape index (κ2) is 8.32. The molecule has 0 fully saturated rings. The van der Waals surface area contributed by atoms with Gasteiger partial charge in [-0.2, -0.15) is 5.10 Å². The minimum atomic E-state index is 0.253. The van der Waals surface area contributed by atoms with Gasteiger partial charge in [-0.15, -0.1) is 0 Å².